The van der Waals surface area contributed by atoms with E-state index in [2.05, 4.69) is 0 Å². The van der Waals surface area contributed by atoms with E-state index in [1.54, 1.807) is 6.92 Å². The van der Waals surface area contributed by atoms with Crippen molar-refractivity contribution in [3.8, 4) is 0 Å². The summed E-state index contributed by atoms with van der Waals surface area (Å²) in [5.74, 6) is -0.179. The van der Waals surface area contributed by atoms with E-state index in [4.69, 9.17) is 16.2 Å². The van der Waals surface area contributed by atoms with Crippen molar-refractivity contribution in [3.63, 3.8) is 0 Å². The van der Waals surface area contributed by atoms with Gasteiger partial charge in [0.2, 0.25) is 0 Å². The van der Waals surface area contributed by atoms with Gasteiger partial charge >= 0.3 is 0 Å². The molecule has 0 aliphatic carbocycles. The Bertz CT molecular complexity index is 154. The van der Waals surface area contributed by atoms with Gasteiger partial charge in [0.1, 0.15) is 0 Å². The molecule has 0 aromatic heterocycles. The number of aliphatic hydroxyl groups is 3. The van der Waals surface area contributed by atoms with E-state index in [-0.39, 0.29) is 25.7 Å². The molecule has 1 atom stereocenters. The van der Waals surface area contributed by atoms with Crippen LogP contribution >= 0.6 is 11.1 Å². The Morgan fingerprint density at radius 3 is 1.69 bits per heavy atom. The molecule has 0 saturated carbocycles. The lowest BCUT2D eigenvalue weighted by molar-refractivity contribution is 0.0894. The maximum atomic E-state index is 9.29. The Morgan fingerprint density at radius 1 is 1.23 bits per heavy atom. The Kier molecular flexibility index (Phi) is 4.89. The molecule has 0 aromatic rings. The summed E-state index contributed by atoms with van der Waals surface area (Å²) in [5.41, 5.74) is 0. The number of hydrogen-bond donors (Lipinski definition) is 3. The van der Waals surface area contributed by atoms with Gasteiger partial charge in [-0.3, -0.25) is 0 Å². The maximum Gasteiger partial charge on any atom is 0.161 e. The van der Waals surface area contributed by atoms with Gasteiger partial charge in [0, 0.05) is 24.9 Å². The molecule has 3 nitrogen and oxygen atoms in total. The average molecular weight is 227 g/mol. The fourth-order valence-electron chi connectivity index (χ4n) is 1.50. The Balaban J connectivity index is 4.91. The van der Waals surface area contributed by atoms with Crippen molar-refractivity contribution in [2.24, 2.45) is 5.92 Å². The molecule has 0 spiro atoms. The van der Waals surface area contributed by atoms with Crippen LogP contribution in [0.2, 0.25) is 18.1 Å². The van der Waals surface area contributed by atoms with Crippen LogP contribution in [-0.2, 0) is 0 Å². The summed E-state index contributed by atoms with van der Waals surface area (Å²) >= 11 is 6.24. The molecule has 1 unspecified atom stereocenters. The SMILES string of the molecule is CC(CO)C(CO)(CO)[Si](C)(C)Cl. The third kappa shape index (κ3) is 2.44. The zero-order chi connectivity index (χ0) is 10.7. The van der Waals surface area contributed by atoms with Gasteiger partial charge in [-0.15, -0.1) is 0 Å². The first-order valence-corrected chi connectivity index (χ1v) is 8.38. The third-order valence-corrected chi connectivity index (χ3v) is 7.27. The fraction of sp³-hybridized carbons (Fsp3) is 1.00. The van der Waals surface area contributed by atoms with E-state index in [0.717, 1.165) is 0 Å². The normalized spacial score (nSPS) is 15.9. The molecule has 0 amide bonds. The Hall–Kier alpha value is 0.387. The van der Waals surface area contributed by atoms with Crippen molar-refractivity contribution in [2.75, 3.05) is 19.8 Å². The van der Waals surface area contributed by atoms with Gasteiger partial charge in [-0.25, -0.2) is 0 Å². The fourth-order valence-corrected chi connectivity index (χ4v) is 4.43. The molecule has 80 valence electrons. The molecule has 0 aliphatic heterocycles. The highest BCUT2D eigenvalue weighted by molar-refractivity contribution is 7.20. The standard InChI is InChI=1S/C8H19ClO3Si/c1-7(4-10)8(5-11,6-12)13(2,3)9/h7,10-12H,4-6H2,1-3H3. The molecule has 0 saturated heterocycles. The second kappa shape index (κ2) is 4.75. The Labute approximate surface area is 85.1 Å². The quantitative estimate of drug-likeness (QED) is 0.480. The summed E-state index contributed by atoms with van der Waals surface area (Å²) < 4.78 is 0. The topological polar surface area (TPSA) is 60.7 Å². The lowest BCUT2D eigenvalue weighted by atomic mass is 9.95. The number of halogens is 1. The van der Waals surface area contributed by atoms with Gasteiger partial charge in [0.15, 0.2) is 7.38 Å². The summed E-state index contributed by atoms with van der Waals surface area (Å²) in [6.07, 6.45) is 0. The minimum atomic E-state index is -2.21. The van der Waals surface area contributed by atoms with Crippen LogP contribution in [-0.4, -0.2) is 42.5 Å². The predicted molar refractivity (Wildman–Crippen MR) is 56.4 cm³/mol. The minimum Gasteiger partial charge on any atom is -0.396 e. The molecule has 0 aromatic carbocycles. The van der Waals surface area contributed by atoms with Gasteiger partial charge in [0.05, 0.1) is 0 Å². The van der Waals surface area contributed by atoms with Crippen LogP contribution in [0.25, 0.3) is 0 Å². The first kappa shape index (κ1) is 13.4. The van der Waals surface area contributed by atoms with Crippen LogP contribution in [0.4, 0.5) is 0 Å². The second-order valence-corrected chi connectivity index (χ2v) is 10.8. The lowest BCUT2D eigenvalue weighted by Gasteiger charge is -2.42. The molecular weight excluding hydrogens is 208 g/mol. The lowest BCUT2D eigenvalue weighted by Crippen LogP contribution is -2.48. The van der Waals surface area contributed by atoms with E-state index in [9.17, 15) is 10.2 Å². The maximum absolute atomic E-state index is 9.29. The molecule has 13 heavy (non-hydrogen) atoms. The number of hydrogen-bond acceptors (Lipinski definition) is 3. The van der Waals surface area contributed by atoms with Crippen LogP contribution < -0.4 is 0 Å². The van der Waals surface area contributed by atoms with E-state index in [1.807, 2.05) is 13.1 Å². The molecule has 0 aliphatic rings. The molecule has 0 heterocycles. The molecule has 0 rings (SSSR count). The van der Waals surface area contributed by atoms with Gasteiger partial charge in [0.25, 0.3) is 0 Å². The molecule has 0 bridgehead atoms. The highest BCUT2D eigenvalue weighted by atomic mass is 35.6. The highest BCUT2D eigenvalue weighted by Crippen LogP contribution is 2.46. The van der Waals surface area contributed by atoms with Crippen molar-refractivity contribution in [1.82, 2.24) is 0 Å². The first-order chi connectivity index (χ1) is 5.85. The molecular formula is C8H19ClO3Si. The van der Waals surface area contributed by atoms with Crippen molar-refractivity contribution in [3.05, 3.63) is 0 Å². The largest absolute Gasteiger partial charge is 0.396 e. The minimum absolute atomic E-state index is 0.0652. The van der Waals surface area contributed by atoms with E-state index in [1.165, 1.54) is 0 Å². The molecule has 5 heteroatoms. The molecule has 3 N–H and O–H groups in total. The number of rotatable bonds is 5. The molecule has 0 radical (unpaired) electrons. The van der Waals surface area contributed by atoms with Crippen molar-refractivity contribution >= 4 is 18.5 Å². The summed E-state index contributed by atoms with van der Waals surface area (Å²) in [6.45, 7) is 5.12. The van der Waals surface area contributed by atoms with E-state index < -0.39 is 12.4 Å². The van der Waals surface area contributed by atoms with Crippen molar-refractivity contribution in [1.29, 1.82) is 0 Å². The van der Waals surface area contributed by atoms with Crippen LogP contribution in [0.3, 0.4) is 0 Å². The average Bonchev–Trinajstić information content (AvgIpc) is 2.04. The summed E-state index contributed by atoms with van der Waals surface area (Å²) in [5, 5.41) is 26.9. The summed E-state index contributed by atoms with van der Waals surface area (Å²) in [6, 6.07) is 0. The van der Waals surface area contributed by atoms with Crippen LogP contribution in [0.5, 0.6) is 0 Å². The van der Waals surface area contributed by atoms with Crippen LogP contribution in [0, 0.1) is 5.92 Å². The molecule has 0 fully saturated rings. The van der Waals surface area contributed by atoms with Gasteiger partial charge in [-0.1, -0.05) is 20.0 Å². The first-order valence-electron chi connectivity index (χ1n) is 4.37. The van der Waals surface area contributed by atoms with Gasteiger partial charge in [-0.2, -0.15) is 11.1 Å². The zero-order valence-electron chi connectivity index (χ0n) is 8.42. The predicted octanol–water partition coefficient (Wildman–Crippen LogP) is 0.784. The monoisotopic (exact) mass is 226 g/mol. The smallest absolute Gasteiger partial charge is 0.161 e. The van der Waals surface area contributed by atoms with Crippen LogP contribution in [0.15, 0.2) is 0 Å². The third-order valence-electron chi connectivity index (χ3n) is 2.97. The summed E-state index contributed by atoms with van der Waals surface area (Å²) in [7, 11) is -2.21. The van der Waals surface area contributed by atoms with Crippen molar-refractivity contribution in [2.45, 2.75) is 25.1 Å². The highest BCUT2D eigenvalue weighted by Gasteiger charge is 2.48. The zero-order valence-corrected chi connectivity index (χ0v) is 10.2. The summed E-state index contributed by atoms with van der Waals surface area (Å²) in [4.78, 5) is 0. The van der Waals surface area contributed by atoms with E-state index in [0.29, 0.717) is 0 Å². The van der Waals surface area contributed by atoms with E-state index >= 15 is 0 Å². The Morgan fingerprint density at radius 2 is 1.62 bits per heavy atom. The van der Waals surface area contributed by atoms with Crippen molar-refractivity contribution < 1.29 is 15.3 Å². The van der Waals surface area contributed by atoms with Gasteiger partial charge in [-0.05, 0) is 5.92 Å². The van der Waals surface area contributed by atoms with Gasteiger partial charge < -0.3 is 15.3 Å². The number of aliphatic hydroxyl groups excluding tert-OH is 3. The second-order valence-electron chi connectivity index (χ2n) is 4.03. The van der Waals surface area contributed by atoms with Crippen LogP contribution in [0.1, 0.15) is 6.92 Å².